The lowest BCUT2D eigenvalue weighted by molar-refractivity contribution is 0.508. The fraction of sp³-hybridized carbons (Fsp3) is 0.278. The molecule has 1 fully saturated rings. The molecule has 0 aliphatic heterocycles. The van der Waals surface area contributed by atoms with E-state index in [9.17, 15) is 0 Å². The summed E-state index contributed by atoms with van der Waals surface area (Å²) in [6.07, 6.45) is 5.46. The highest BCUT2D eigenvalue weighted by molar-refractivity contribution is 7.99. The van der Waals surface area contributed by atoms with Crippen LogP contribution in [0.15, 0.2) is 28.8 Å². The van der Waals surface area contributed by atoms with Gasteiger partial charge in [-0.05, 0) is 31.0 Å². The molecule has 6 nitrogen and oxygen atoms in total. The maximum absolute atomic E-state index is 15.1. The van der Waals surface area contributed by atoms with Crippen molar-refractivity contribution in [1.82, 2.24) is 15.0 Å². The summed E-state index contributed by atoms with van der Waals surface area (Å²) in [6.45, 7) is 0. The number of aromatic nitrogens is 3. The first-order chi connectivity index (χ1) is 13.1. The summed E-state index contributed by atoms with van der Waals surface area (Å²) in [5.41, 5.74) is 1.49. The molecule has 2 heterocycles. The zero-order valence-electron chi connectivity index (χ0n) is 14.7. The summed E-state index contributed by atoms with van der Waals surface area (Å²) in [5.74, 6) is 1.29. The molecule has 4 rings (SSSR count). The number of nitrogens with one attached hydrogen (secondary N) is 2. The Morgan fingerprint density at radius 2 is 2.11 bits per heavy atom. The van der Waals surface area contributed by atoms with Crippen molar-refractivity contribution in [3.63, 3.8) is 0 Å². The predicted octanol–water partition coefficient (Wildman–Crippen LogP) is 5.20. The predicted molar refractivity (Wildman–Crippen MR) is 107 cm³/mol. The molecule has 1 aliphatic rings. The number of hydrogen-bond donors (Lipinski definition) is 2. The number of halogens is 2. The molecule has 1 aliphatic carbocycles. The second-order valence-corrected chi connectivity index (χ2v) is 7.19. The standard InChI is InChI=1S/C18H17ClFN5OS/c1-21-18-22-6-5-12(23-18)16-15(24-17(26-16)9-3-4-9)11-7-10(19)8-13(14(11)20)25-27-2/h5-9,25H,3-4H2,1-2H3,(H,21,22,23). The van der Waals surface area contributed by atoms with Gasteiger partial charge >= 0.3 is 0 Å². The number of benzene rings is 1. The Morgan fingerprint density at radius 1 is 1.30 bits per heavy atom. The van der Waals surface area contributed by atoms with Crippen molar-refractivity contribution >= 4 is 35.2 Å². The van der Waals surface area contributed by atoms with E-state index in [1.165, 1.54) is 11.9 Å². The van der Waals surface area contributed by atoms with Gasteiger partial charge in [0.15, 0.2) is 17.5 Å². The number of nitrogens with zero attached hydrogens (tertiary/aromatic N) is 3. The van der Waals surface area contributed by atoms with E-state index in [1.54, 1.807) is 31.4 Å². The molecule has 2 aromatic heterocycles. The molecule has 0 atom stereocenters. The molecule has 0 unspecified atom stereocenters. The van der Waals surface area contributed by atoms with Crippen LogP contribution in [0.5, 0.6) is 0 Å². The molecule has 0 radical (unpaired) electrons. The third-order valence-corrected chi connectivity index (χ3v) is 4.83. The molecule has 27 heavy (non-hydrogen) atoms. The second kappa shape index (κ2) is 7.36. The molecule has 0 amide bonds. The van der Waals surface area contributed by atoms with Crippen molar-refractivity contribution in [3.05, 3.63) is 41.1 Å². The molecular weight excluding hydrogens is 389 g/mol. The van der Waals surface area contributed by atoms with Gasteiger partial charge in [0, 0.05) is 36.0 Å². The van der Waals surface area contributed by atoms with E-state index < -0.39 is 5.82 Å². The monoisotopic (exact) mass is 405 g/mol. The van der Waals surface area contributed by atoms with E-state index in [2.05, 4.69) is 25.0 Å². The van der Waals surface area contributed by atoms with Gasteiger partial charge in [0.1, 0.15) is 11.4 Å². The Hall–Kier alpha value is -2.32. The van der Waals surface area contributed by atoms with E-state index in [0.717, 1.165) is 12.8 Å². The Kier molecular flexibility index (Phi) is 4.92. The Morgan fingerprint density at radius 3 is 2.81 bits per heavy atom. The van der Waals surface area contributed by atoms with Crippen LogP contribution in [0.25, 0.3) is 22.7 Å². The van der Waals surface area contributed by atoms with Crippen LogP contribution < -0.4 is 10.0 Å². The van der Waals surface area contributed by atoms with E-state index in [1.807, 2.05) is 6.26 Å². The molecule has 0 saturated heterocycles. The molecule has 3 aromatic rings. The van der Waals surface area contributed by atoms with Crippen molar-refractivity contribution in [2.45, 2.75) is 18.8 Å². The molecule has 0 spiro atoms. The SMILES string of the molecule is CNc1nccc(-c2oc(C3CC3)nc2-c2cc(Cl)cc(NSC)c2F)n1. The van der Waals surface area contributed by atoms with Crippen molar-refractivity contribution in [2.24, 2.45) is 0 Å². The van der Waals surface area contributed by atoms with Crippen LogP contribution in [0.1, 0.15) is 24.7 Å². The lowest BCUT2D eigenvalue weighted by Gasteiger charge is -2.09. The van der Waals surface area contributed by atoms with Gasteiger partial charge in [-0.3, -0.25) is 0 Å². The van der Waals surface area contributed by atoms with Gasteiger partial charge < -0.3 is 14.5 Å². The van der Waals surface area contributed by atoms with Gasteiger partial charge in [0.2, 0.25) is 5.95 Å². The number of hydrogen-bond acceptors (Lipinski definition) is 7. The zero-order valence-corrected chi connectivity index (χ0v) is 16.3. The highest BCUT2D eigenvalue weighted by Crippen LogP contribution is 2.44. The average Bonchev–Trinajstić information content (AvgIpc) is 3.43. The van der Waals surface area contributed by atoms with Crippen LogP contribution in [0, 0.1) is 5.82 Å². The maximum Gasteiger partial charge on any atom is 0.223 e. The van der Waals surface area contributed by atoms with Crippen LogP contribution in [0.3, 0.4) is 0 Å². The van der Waals surface area contributed by atoms with Gasteiger partial charge in [0.25, 0.3) is 0 Å². The van der Waals surface area contributed by atoms with E-state index in [-0.39, 0.29) is 11.5 Å². The largest absolute Gasteiger partial charge is 0.438 e. The van der Waals surface area contributed by atoms with Gasteiger partial charge in [-0.25, -0.2) is 19.3 Å². The average molecular weight is 406 g/mol. The van der Waals surface area contributed by atoms with Crippen LogP contribution in [-0.2, 0) is 0 Å². The number of anilines is 2. The van der Waals surface area contributed by atoms with Gasteiger partial charge in [-0.1, -0.05) is 23.5 Å². The van der Waals surface area contributed by atoms with Crippen molar-refractivity contribution in [1.29, 1.82) is 0 Å². The smallest absolute Gasteiger partial charge is 0.223 e. The first-order valence-electron chi connectivity index (χ1n) is 8.41. The third-order valence-electron chi connectivity index (χ3n) is 4.19. The van der Waals surface area contributed by atoms with Crippen LogP contribution in [0.4, 0.5) is 16.0 Å². The second-order valence-electron chi connectivity index (χ2n) is 6.14. The van der Waals surface area contributed by atoms with Crippen molar-refractivity contribution in [2.75, 3.05) is 23.3 Å². The zero-order chi connectivity index (χ0) is 19.0. The minimum atomic E-state index is -0.437. The molecule has 2 N–H and O–H groups in total. The summed E-state index contributed by atoms with van der Waals surface area (Å²) < 4.78 is 24.0. The van der Waals surface area contributed by atoms with E-state index >= 15 is 4.39 Å². The highest BCUT2D eigenvalue weighted by Gasteiger charge is 2.32. The van der Waals surface area contributed by atoms with E-state index in [4.69, 9.17) is 16.0 Å². The molecule has 1 saturated carbocycles. The topological polar surface area (TPSA) is 75.9 Å². The summed E-state index contributed by atoms with van der Waals surface area (Å²) in [5, 5.41) is 3.30. The molecule has 140 valence electrons. The van der Waals surface area contributed by atoms with Gasteiger partial charge in [-0.15, -0.1) is 0 Å². The normalized spacial score (nSPS) is 13.6. The first kappa shape index (κ1) is 18.1. The summed E-state index contributed by atoms with van der Waals surface area (Å²) in [6, 6.07) is 4.81. The first-order valence-corrected chi connectivity index (χ1v) is 10.0. The highest BCUT2D eigenvalue weighted by atomic mass is 35.5. The Labute approximate surface area is 165 Å². The molecule has 0 bridgehead atoms. The summed E-state index contributed by atoms with van der Waals surface area (Å²) in [7, 11) is 1.73. The lowest BCUT2D eigenvalue weighted by Crippen LogP contribution is -1.98. The lowest BCUT2D eigenvalue weighted by atomic mass is 10.1. The number of oxazole rings is 1. The number of rotatable bonds is 6. The van der Waals surface area contributed by atoms with Crippen LogP contribution in [0.2, 0.25) is 5.02 Å². The van der Waals surface area contributed by atoms with Gasteiger partial charge in [-0.2, -0.15) is 0 Å². The summed E-state index contributed by atoms with van der Waals surface area (Å²) in [4.78, 5) is 13.1. The van der Waals surface area contributed by atoms with Crippen LogP contribution in [-0.4, -0.2) is 28.3 Å². The third kappa shape index (κ3) is 3.59. The minimum absolute atomic E-state index is 0.272. The van der Waals surface area contributed by atoms with Gasteiger partial charge in [0.05, 0.1) is 5.69 Å². The quantitative estimate of drug-likeness (QED) is 0.546. The molecular formula is C18H17ClFN5OS. The van der Waals surface area contributed by atoms with E-state index in [0.29, 0.717) is 39.7 Å². The fourth-order valence-corrected chi connectivity index (χ4v) is 3.34. The molecule has 9 heteroatoms. The Bertz CT molecular complexity index is 992. The molecule has 1 aromatic carbocycles. The summed E-state index contributed by atoms with van der Waals surface area (Å²) >= 11 is 7.51. The van der Waals surface area contributed by atoms with Crippen LogP contribution >= 0.6 is 23.5 Å². The maximum atomic E-state index is 15.1. The fourth-order valence-electron chi connectivity index (χ4n) is 2.75. The minimum Gasteiger partial charge on any atom is -0.438 e. The Balaban J connectivity index is 1.90. The van der Waals surface area contributed by atoms with Crippen molar-refractivity contribution < 1.29 is 8.81 Å². The van der Waals surface area contributed by atoms with Crippen molar-refractivity contribution in [3.8, 4) is 22.7 Å².